The normalized spacial score (nSPS) is 22.2. The molecule has 1 atom stereocenters. The first-order valence-corrected chi connectivity index (χ1v) is 9.44. The predicted molar refractivity (Wildman–Crippen MR) is 111 cm³/mol. The molecule has 2 aliphatic heterocycles. The third-order valence-corrected chi connectivity index (χ3v) is 6.06. The number of carbonyl (C=O) groups excluding carboxylic acids is 1. The van der Waals surface area contributed by atoms with Gasteiger partial charge in [-0.05, 0) is 30.7 Å². The monoisotopic (exact) mass is 378 g/mol. The van der Waals surface area contributed by atoms with E-state index >= 15 is 0 Å². The van der Waals surface area contributed by atoms with Gasteiger partial charge in [-0.2, -0.15) is 0 Å². The molecule has 5 heteroatoms. The second-order valence-corrected chi connectivity index (χ2v) is 7.96. The van der Waals surface area contributed by atoms with Gasteiger partial charge in [-0.25, -0.2) is 0 Å². The van der Waals surface area contributed by atoms with E-state index in [-0.39, 0.29) is 11.3 Å². The van der Waals surface area contributed by atoms with Crippen molar-refractivity contribution in [2.24, 2.45) is 0 Å². The van der Waals surface area contributed by atoms with Crippen LogP contribution in [-0.2, 0) is 10.2 Å². The Kier molecular flexibility index (Phi) is 4.14. The molecule has 1 saturated heterocycles. The van der Waals surface area contributed by atoms with Gasteiger partial charge in [0, 0.05) is 16.7 Å². The number of para-hydroxylation sites is 1. The predicted octanol–water partition coefficient (Wildman–Crippen LogP) is 3.65. The van der Waals surface area contributed by atoms with Gasteiger partial charge in [-0.3, -0.25) is 4.79 Å². The van der Waals surface area contributed by atoms with Gasteiger partial charge >= 0.3 is 0 Å². The van der Waals surface area contributed by atoms with Crippen LogP contribution in [0.25, 0.3) is 6.08 Å². The number of aryl methyl sites for hydroxylation is 1. The Balaban J connectivity index is 1.84. The zero-order chi connectivity index (χ0) is 20.1. The van der Waals surface area contributed by atoms with E-state index in [4.69, 9.17) is 9.47 Å². The van der Waals surface area contributed by atoms with Gasteiger partial charge in [-0.1, -0.05) is 49.8 Å². The van der Waals surface area contributed by atoms with Crippen LogP contribution in [0.15, 0.2) is 42.5 Å². The lowest BCUT2D eigenvalue weighted by atomic mass is 9.75. The van der Waals surface area contributed by atoms with E-state index < -0.39 is 5.66 Å². The van der Waals surface area contributed by atoms with Crippen molar-refractivity contribution in [1.82, 2.24) is 5.32 Å². The summed E-state index contributed by atoms with van der Waals surface area (Å²) in [4.78, 5) is 14.6. The van der Waals surface area contributed by atoms with Crippen molar-refractivity contribution in [3.05, 3.63) is 59.2 Å². The second kappa shape index (κ2) is 6.30. The number of nitrogens with one attached hydrogen (secondary N) is 1. The fraction of sp³-hybridized carbons (Fsp3) is 0.348. The van der Waals surface area contributed by atoms with Crippen LogP contribution in [0, 0.1) is 6.92 Å². The average molecular weight is 378 g/mol. The molecule has 0 unspecified atom stereocenters. The standard InChI is InChI=1S/C23H26N2O3/c1-15-9-10-18-17(13-15)22(2,3)23(24-20(26)14-25(18)23)12-11-16-7-6-8-19(27-4)21(16)28-5/h6-13H,14H2,1-5H3,(H,24,26)/b12-11+/t23-/m0/s1. The number of benzene rings is 2. The molecule has 28 heavy (non-hydrogen) atoms. The van der Waals surface area contributed by atoms with E-state index in [1.54, 1.807) is 14.2 Å². The Morgan fingerprint density at radius 3 is 2.64 bits per heavy atom. The largest absolute Gasteiger partial charge is 0.493 e. The first-order valence-electron chi connectivity index (χ1n) is 9.44. The SMILES string of the molecule is COc1cccc(/C=C/[C@]23NC(=O)CN2c2ccc(C)cc2C3(C)C)c1OC. The number of anilines is 1. The molecule has 1 amide bonds. The maximum absolute atomic E-state index is 12.4. The molecule has 0 radical (unpaired) electrons. The number of ether oxygens (including phenoxy) is 2. The van der Waals surface area contributed by atoms with Crippen molar-refractivity contribution >= 4 is 17.7 Å². The summed E-state index contributed by atoms with van der Waals surface area (Å²) in [7, 11) is 3.26. The van der Waals surface area contributed by atoms with Gasteiger partial charge in [-0.15, -0.1) is 0 Å². The molecule has 0 bridgehead atoms. The maximum Gasteiger partial charge on any atom is 0.241 e. The zero-order valence-electron chi connectivity index (χ0n) is 17.0. The summed E-state index contributed by atoms with van der Waals surface area (Å²) in [6.45, 7) is 6.81. The maximum atomic E-state index is 12.4. The molecule has 0 aromatic heterocycles. The molecule has 5 nitrogen and oxygen atoms in total. The van der Waals surface area contributed by atoms with Gasteiger partial charge in [0.2, 0.25) is 5.91 Å². The van der Waals surface area contributed by atoms with Crippen molar-refractivity contribution in [1.29, 1.82) is 0 Å². The van der Waals surface area contributed by atoms with Gasteiger partial charge in [0.15, 0.2) is 11.5 Å². The fourth-order valence-corrected chi connectivity index (χ4v) is 4.54. The van der Waals surface area contributed by atoms with Gasteiger partial charge < -0.3 is 19.7 Å². The van der Waals surface area contributed by atoms with E-state index in [9.17, 15) is 4.79 Å². The van der Waals surface area contributed by atoms with E-state index in [2.05, 4.69) is 55.3 Å². The van der Waals surface area contributed by atoms with Crippen LogP contribution in [0.5, 0.6) is 11.5 Å². The highest BCUT2D eigenvalue weighted by molar-refractivity contribution is 5.91. The number of methoxy groups -OCH3 is 2. The van der Waals surface area contributed by atoms with E-state index in [1.165, 1.54) is 11.1 Å². The lowest BCUT2D eigenvalue weighted by molar-refractivity contribution is -0.118. The van der Waals surface area contributed by atoms with Crippen molar-refractivity contribution in [2.45, 2.75) is 31.8 Å². The van der Waals surface area contributed by atoms with Crippen molar-refractivity contribution in [2.75, 3.05) is 25.7 Å². The second-order valence-electron chi connectivity index (χ2n) is 7.96. The highest BCUT2D eigenvalue weighted by Crippen LogP contribution is 2.53. The summed E-state index contributed by atoms with van der Waals surface area (Å²) in [5.41, 5.74) is 3.54. The summed E-state index contributed by atoms with van der Waals surface area (Å²) < 4.78 is 11.0. The number of hydrogen-bond donors (Lipinski definition) is 1. The van der Waals surface area contributed by atoms with Crippen LogP contribution in [0.1, 0.15) is 30.5 Å². The van der Waals surface area contributed by atoms with Crippen LogP contribution >= 0.6 is 0 Å². The van der Waals surface area contributed by atoms with Crippen LogP contribution in [-0.4, -0.2) is 32.3 Å². The third kappa shape index (κ3) is 2.42. The molecular formula is C23H26N2O3. The van der Waals surface area contributed by atoms with Crippen molar-refractivity contribution in [3.63, 3.8) is 0 Å². The fourth-order valence-electron chi connectivity index (χ4n) is 4.54. The highest BCUT2D eigenvalue weighted by atomic mass is 16.5. The molecule has 2 aromatic rings. The summed E-state index contributed by atoms with van der Waals surface area (Å²) in [6.07, 6.45) is 4.10. The first-order chi connectivity index (χ1) is 13.3. The Hall–Kier alpha value is -2.95. The molecule has 4 rings (SSSR count). The topological polar surface area (TPSA) is 50.8 Å². The highest BCUT2D eigenvalue weighted by Gasteiger charge is 2.59. The number of rotatable bonds is 4. The molecular weight excluding hydrogens is 352 g/mol. The molecule has 2 heterocycles. The van der Waals surface area contributed by atoms with Gasteiger partial charge in [0.1, 0.15) is 5.66 Å². The minimum absolute atomic E-state index is 0.0292. The molecule has 1 fully saturated rings. The van der Waals surface area contributed by atoms with Crippen molar-refractivity contribution < 1.29 is 14.3 Å². The zero-order valence-corrected chi connectivity index (χ0v) is 17.0. The van der Waals surface area contributed by atoms with Gasteiger partial charge in [0.05, 0.1) is 20.8 Å². The molecule has 1 N–H and O–H groups in total. The quantitative estimate of drug-likeness (QED) is 0.882. The third-order valence-electron chi connectivity index (χ3n) is 6.06. The van der Waals surface area contributed by atoms with Crippen LogP contribution in [0.3, 0.4) is 0 Å². The van der Waals surface area contributed by atoms with Gasteiger partial charge in [0.25, 0.3) is 0 Å². The number of fused-ring (bicyclic) bond motifs is 3. The number of hydrogen-bond acceptors (Lipinski definition) is 4. The Morgan fingerprint density at radius 2 is 1.93 bits per heavy atom. The van der Waals surface area contributed by atoms with Crippen LogP contribution in [0.2, 0.25) is 0 Å². The lowest BCUT2D eigenvalue weighted by Crippen LogP contribution is -2.58. The Bertz CT molecular complexity index is 980. The Labute approximate surface area is 165 Å². The van der Waals surface area contributed by atoms with E-state index in [1.807, 2.05) is 24.3 Å². The molecule has 0 saturated carbocycles. The summed E-state index contributed by atoms with van der Waals surface area (Å²) in [5.74, 6) is 1.39. The molecule has 146 valence electrons. The number of amides is 1. The van der Waals surface area contributed by atoms with Crippen LogP contribution in [0.4, 0.5) is 5.69 Å². The Morgan fingerprint density at radius 1 is 1.14 bits per heavy atom. The van der Waals surface area contributed by atoms with Crippen LogP contribution < -0.4 is 19.7 Å². The summed E-state index contributed by atoms with van der Waals surface area (Å²) >= 11 is 0. The smallest absolute Gasteiger partial charge is 0.241 e. The molecule has 0 aliphatic carbocycles. The molecule has 0 spiro atoms. The van der Waals surface area contributed by atoms with E-state index in [0.29, 0.717) is 18.0 Å². The number of nitrogens with zero attached hydrogens (tertiary/aromatic N) is 1. The molecule has 2 aromatic carbocycles. The summed E-state index contributed by atoms with van der Waals surface area (Å²) in [6, 6.07) is 12.2. The van der Waals surface area contributed by atoms with Crippen molar-refractivity contribution in [3.8, 4) is 11.5 Å². The summed E-state index contributed by atoms with van der Waals surface area (Å²) in [5, 5.41) is 3.25. The first kappa shape index (κ1) is 18.4. The average Bonchev–Trinajstić information content (AvgIpc) is 3.10. The van der Waals surface area contributed by atoms with E-state index in [0.717, 1.165) is 11.3 Å². The lowest BCUT2D eigenvalue weighted by Gasteiger charge is -2.40. The molecule has 2 aliphatic rings. The number of carbonyl (C=O) groups is 1. The minimum atomic E-state index is -0.631. The minimum Gasteiger partial charge on any atom is -0.493 e.